The van der Waals surface area contributed by atoms with Crippen molar-refractivity contribution in [2.75, 3.05) is 13.1 Å². The molecule has 1 N–H and O–H groups in total. The first-order chi connectivity index (χ1) is 13.2. The number of fused-ring (bicyclic) bond motifs is 4. The molecule has 4 heteroatoms. The van der Waals surface area contributed by atoms with Crippen molar-refractivity contribution in [3.05, 3.63) is 80.4 Å². The van der Waals surface area contributed by atoms with E-state index in [-0.39, 0.29) is 5.56 Å². The summed E-state index contributed by atoms with van der Waals surface area (Å²) in [5.74, 6) is 1.11. The zero-order valence-electron chi connectivity index (χ0n) is 15.7. The first kappa shape index (κ1) is 17.0. The van der Waals surface area contributed by atoms with Gasteiger partial charge in [0.05, 0.1) is 18.0 Å². The van der Waals surface area contributed by atoms with Crippen molar-refractivity contribution >= 4 is 11.3 Å². The van der Waals surface area contributed by atoms with Crippen molar-refractivity contribution in [3.8, 4) is 11.1 Å². The van der Waals surface area contributed by atoms with E-state index in [1.807, 2.05) is 23.5 Å². The van der Waals surface area contributed by atoms with Gasteiger partial charge < -0.3 is 9.47 Å². The zero-order chi connectivity index (χ0) is 18.4. The van der Waals surface area contributed by atoms with E-state index in [1.165, 1.54) is 23.5 Å². The molecule has 1 unspecified atom stereocenters. The van der Waals surface area contributed by atoms with Gasteiger partial charge in [-0.2, -0.15) is 0 Å². The topological polar surface area (TPSA) is 26.4 Å². The van der Waals surface area contributed by atoms with Gasteiger partial charge in [0.2, 0.25) is 0 Å². The normalized spacial score (nSPS) is 23.8. The van der Waals surface area contributed by atoms with Crippen molar-refractivity contribution in [1.29, 1.82) is 0 Å². The van der Waals surface area contributed by atoms with Crippen LogP contribution in [0.15, 0.2) is 58.7 Å². The predicted octanol–water partition coefficient (Wildman–Crippen LogP) is 3.09. The number of nitrogens with one attached hydrogen (secondary N) is 1. The van der Waals surface area contributed by atoms with Crippen LogP contribution in [0, 0.1) is 12.8 Å². The maximum absolute atomic E-state index is 13.3. The minimum Gasteiger partial charge on any atom is -0.330 e. The molecule has 5 rings (SSSR count). The molecule has 0 amide bonds. The fraction of sp³-hybridized carbons (Fsp3) is 0.348. The average Bonchev–Trinajstić information content (AvgIpc) is 3.16. The SMILES string of the molecule is Cc1ccccc1-c1ccc2n(c1=O)C[C@H]1C[C@@H]2C[NH+](Cc2cccs2)C1. The monoisotopic (exact) mass is 377 g/mol. The van der Waals surface area contributed by atoms with Crippen LogP contribution in [-0.4, -0.2) is 17.7 Å². The Bertz CT molecular complexity index is 1020. The number of hydrogen-bond donors (Lipinski definition) is 1. The number of aryl methyl sites for hydroxylation is 1. The smallest absolute Gasteiger partial charge is 0.258 e. The van der Waals surface area contributed by atoms with E-state index >= 15 is 0 Å². The Hall–Kier alpha value is -2.17. The van der Waals surface area contributed by atoms with Crippen LogP contribution >= 0.6 is 11.3 Å². The highest BCUT2D eigenvalue weighted by Gasteiger charge is 2.37. The first-order valence-corrected chi connectivity index (χ1v) is 10.7. The fourth-order valence-electron chi connectivity index (χ4n) is 5.05. The standard InChI is InChI=1S/C23H24N2OS/c1-16-5-2-3-7-20(16)21-8-9-22-18-11-17(13-25(22)23(21)26)12-24(14-18)15-19-6-4-10-27-19/h2-10,17-18H,11-15H2,1H3/p+1/t17-,18+/m0/s1. The molecule has 3 nitrogen and oxygen atoms in total. The third-order valence-corrected chi connectivity index (χ3v) is 7.11. The maximum atomic E-state index is 13.3. The predicted molar refractivity (Wildman–Crippen MR) is 110 cm³/mol. The van der Waals surface area contributed by atoms with E-state index in [0.717, 1.165) is 36.3 Å². The van der Waals surface area contributed by atoms with Crippen LogP contribution < -0.4 is 10.5 Å². The summed E-state index contributed by atoms with van der Waals surface area (Å²) >= 11 is 1.86. The molecule has 2 aliphatic rings. The van der Waals surface area contributed by atoms with E-state index < -0.39 is 0 Å². The number of aromatic nitrogens is 1. The third-order valence-electron chi connectivity index (χ3n) is 6.24. The lowest BCUT2D eigenvalue weighted by Gasteiger charge is -2.40. The van der Waals surface area contributed by atoms with Crippen LogP contribution in [0.25, 0.3) is 11.1 Å². The fourth-order valence-corrected chi connectivity index (χ4v) is 5.83. The molecule has 1 aromatic carbocycles. The highest BCUT2D eigenvalue weighted by molar-refractivity contribution is 7.09. The second kappa shape index (κ2) is 6.77. The molecule has 3 atom stereocenters. The van der Waals surface area contributed by atoms with E-state index in [1.54, 1.807) is 4.90 Å². The molecule has 0 saturated carbocycles. The Balaban J connectivity index is 1.48. The second-order valence-corrected chi connectivity index (χ2v) is 9.15. The number of thiophene rings is 1. The molecule has 0 spiro atoms. The quantitative estimate of drug-likeness (QED) is 0.746. The Morgan fingerprint density at radius 1 is 1.07 bits per heavy atom. The van der Waals surface area contributed by atoms with Crippen LogP contribution in [-0.2, 0) is 13.1 Å². The molecule has 0 aliphatic carbocycles. The van der Waals surface area contributed by atoms with Crippen molar-refractivity contribution in [2.45, 2.75) is 32.4 Å². The van der Waals surface area contributed by atoms with Crippen molar-refractivity contribution < 1.29 is 4.90 Å². The summed E-state index contributed by atoms with van der Waals surface area (Å²) < 4.78 is 2.09. The van der Waals surface area contributed by atoms with Gasteiger partial charge in [-0.1, -0.05) is 30.3 Å². The van der Waals surface area contributed by atoms with Gasteiger partial charge in [0.1, 0.15) is 6.54 Å². The molecular formula is C23H25N2OS+. The van der Waals surface area contributed by atoms with Gasteiger partial charge in [-0.3, -0.25) is 4.79 Å². The number of piperidine rings is 1. The van der Waals surface area contributed by atoms with E-state index in [2.05, 4.69) is 53.3 Å². The highest BCUT2D eigenvalue weighted by atomic mass is 32.1. The number of likely N-dealkylation sites (tertiary alicyclic amines) is 1. The molecule has 27 heavy (non-hydrogen) atoms. The van der Waals surface area contributed by atoms with Gasteiger partial charge >= 0.3 is 0 Å². The van der Waals surface area contributed by atoms with Crippen molar-refractivity contribution in [2.24, 2.45) is 5.92 Å². The number of quaternary nitrogens is 1. The maximum Gasteiger partial charge on any atom is 0.258 e. The minimum absolute atomic E-state index is 0.193. The summed E-state index contributed by atoms with van der Waals surface area (Å²) in [6, 6.07) is 16.9. The van der Waals surface area contributed by atoms with Crippen LogP contribution in [0.2, 0.25) is 0 Å². The molecule has 2 bridgehead atoms. The summed E-state index contributed by atoms with van der Waals surface area (Å²) in [6.07, 6.45) is 1.23. The van der Waals surface area contributed by atoms with Gasteiger partial charge in [0.15, 0.2) is 0 Å². The minimum atomic E-state index is 0.193. The molecule has 2 aromatic heterocycles. The number of benzene rings is 1. The van der Waals surface area contributed by atoms with E-state index in [4.69, 9.17) is 0 Å². The van der Waals surface area contributed by atoms with Gasteiger partial charge in [0.25, 0.3) is 5.56 Å². The summed E-state index contributed by atoms with van der Waals surface area (Å²) in [5.41, 5.74) is 4.52. The lowest BCUT2D eigenvalue weighted by molar-refractivity contribution is -0.924. The summed E-state index contributed by atoms with van der Waals surface area (Å²) in [7, 11) is 0. The lowest BCUT2D eigenvalue weighted by Crippen LogP contribution is -3.13. The molecule has 4 heterocycles. The van der Waals surface area contributed by atoms with Crippen LogP contribution in [0.4, 0.5) is 0 Å². The average molecular weight is 378 g/mol. The van der Waals surface area contributed by atoms with Gasteiger partial charge in [-0.05, 0) is 48.1 Å². The molecular weight excluding hydrogens is 352 g/mol. The van der Waals surface area contributed by atoms with Crippen LogP contribution in [0.3, 0.4) is 0 Å². The lowest BCUT2D eigenvalue weighted by atomic mass is 9.82. The van der Waals surface area contributed by atoms with Crippen molar-refractivity contribution in [1.82, 2.24) is 4.57 Å². The van der Waals surface area contributed by atoms with Crippen LogP contribution in [0.5, 0.6) is 0 Å². The number of hydrogen-bond acceptors (Lipinski definition) is 2. The Kier molecular flexibility index (Phi) is 4.25. The Morgan fingerprint density at radius 3 is 2.78 bits per heavy atom. The van der Waals surface area contributed by atoms with Crippen molar-refractivity contribution in [3.63, 3.8) is 0 Å². The molecule has 0 radical (unpaired) electrons. The molecule has 2 aliphatic heterocycles. The second-order valence-electron chi connectivity index (χ2n) is 8.12. The molecule has 138 valence electrons. The third kappa shape index (κ3) is 3.07. The first-order valence-electron chi connectivity index (χ1n) is 9.84. The molecule has 3 aromatic rings. The Morgan fingerprint density at radius 2 is 1.96 bits per heavy atom. The molecule has 1 saturated heterocycles. The van der Waals surface area contributed by atoms with E-state index in [9.17, 15) is 4.79 Å². The number of nitrogens with zero attached hydrogens (tertiary/aromatic N) is 1. The van der Waals surface area contributed by atoms with Gasteiger partial charge in [-0.15, -0.1) is 11.3 Å². The highest BCUT2D eigenvalue weighted by Crippen LogP contribution is 2.32. The van der Waals surface area contributed by atoms with Gasteiger partial charge in [0, 0.05) is 29.6 Å². The summed E-state index contributed by atoms with van der Waals surface area (Å²) in [5, 5.41) is 2.17. The Labute approximate surface area is 163 Å². The molecule has 1 fully saturated rings. The summed E-state index contributed by atoms with van der Waals surface area (Å²) in [6.45, 7) is 6.39. The van der Waals surface area contributed by atoms with Gasteiger partial charge in [-0.25, -0.2) is 0 Å². The zero-order valence-corrected chi connectivity index (χ0v) is 16.5. The summed E-state index contributed by atoms with van der Waals surface area (Å²) in [4.78, 5) is 16.4. The van der Waals surface area contributed by atoms with E-state index in [0.29, 0.717) is 11.8 Å². The van der Waals surface area contributed by atoms with Crippen LogP contribution in [0.1, 0.15) is 28.5 Å². The number of rotatable bonds is 3. The largest absolute Gasteiger partial charge is 0.330 e. The number of pyridine rings is 1.